The van der Waals surface area contributed by atoms with Crippen LogP contribution in [0.4, 0.5) is 0 Å². The fourth-order valence-corrected chi connectivity index (χ4v) is 2.37. The first-order valence-corrected chi connectivity index (χ1v) is 7.89. The van der Waals surface area contributed by atoms with E-state index in [9.17, 15) is 0 Å². The molecule has 0 aliphatic rings. The molecular formula is C17H19Cl2NO3. The second-order valence-corrected chi connectivity index (χ2v) is 5.62. The van der Waals surface area contributed by atoms with Crippen molar-refractivity contribution in [2.45, 2.75) is 6.54 Å². The van der Waals surface area contributed by atoms with Gasteiger partial charge in [-0.3, -0.25) is 0 Å². The highest BCUT2D eigenvalue weighted by atomic mass is 35.5. The molecule has 6 heteroatoms. The van der Waals surface area contributed by atoms with Crippen LogP contribution in [0.5, 0.6) is 17.2 Å². The van der Waals surface area contributed by atoms with Gasteiger partial charge in [-0.05, 0) is 35.9 Å². The summed E-state index contributed by atoms with van der Waals surface area (Å²) >= 11 is 12.1. The number of benzene rings is 2. The number of methoxy groups -OCH3 is 2. The molecule has 0 aromatic heterocycles. The standard InChI is InChI=1S/C17H19Cl2NO3/c1-21-16-9-12(15(19)10-17(16)22-2)11-20-7-8-23-14-5-3-13(18)4-6-14/h3-6,9-10,20H,7-8,11H2,1-2H3. The van der Waals surface area contributed by atoms with Crippen molar-refractivity contribution in [1.82, 2.24) is 5.32 Å². The van der Waals surface area contributed by atoms with Gasteiger partial charge in [0, 0.05) is 29.2 Å². The van der Waals surface area contributed by atoms with Crippen molar-refractivity contribution in [3.8, 4) is 17.2 Å². The summed E-state index contributed by atoms with van der Waals surface area (Å²) in [5, 5.41) is 4.61. The third-order valence-corrected chi connectivity index (χ3v) is 3.83. The molecule has 0 unspecified atom stereocenters. The average Bonchev–Trinajstić information content (AvgIpc) is 2.57. The Kier molecular flexibility index (Phi) is 6.84. The van der Waals surface area contributed by atoms with Crippen LogP contribution >= 0.6 is 23.2 Å². The first kappa shape index (κ1) is 17.7. The van der Waals surface area contributed by atoms with Gasteiger partial charge in [0.1, 0.15) is 12.4 Å². The monoisotopic (exact) mass is 355 g/mol. The number of hydrogen-bond acceptors (Lipinski definition) is 4. The molecule has 23 heavy (non-hydrogen) atoms. The molecule has 0 aliphatic heterocycles. The molecule has 0 atom stereocenters. The fourth-order valence-electron chi connectivity index (χ4n) is 2.03. The zero-order chi connectivity index (χ0) is 16.7. The van der Waals surface area contributed by atoms with Gasteiger partial charge in [0.25, 0.3) is 0 Å². The number of hydrogen-bond donors (Lipinski definition) is 1. The van der Waals surface area contributed by atoms with Crippen molar-refractivity contribution >= 4 is 23.2 Å². The van der Waals surface area contributed by atoms with E-state index < -0.39 is 0 Å². The van der Waals surface area contributed by atoms with Gasteiger partial charge in [0.05, 0.1) is 14.2 Å². The van der Waals surface area contributed by atoms with Gasteiger partial charge in [0.2, 0.25) is 0 Å². The molecule has 0 aliphatic carbocycles. The third kappa shape index (κ3) is 5.20. The first-order valence-electron chi connectivity index (χ1n) is 7.13. The van der Waals surface area contributed by atoms with E-state index in [4.69, 9.17) is 37.4 Å². The minimum atomic E-state index is 0.548. The van der Waals surface area contributed by atoms with E-state index in [0.717, 1.165) is 11.3 Å². The molecule has 2 aromatic rings. The highest BCUT2D eigenvalue weighted by Gasteiger charge is 2.09. The van der Waals surface area contributed by atoms with Crippen LogP contribution < -0.4 is 19.5 Å². The van der Waals surface area contributed by atoms with Crippen LogP contribution in [0.1, 0.15) is 5.56 Å². The third-order valence-electron chi connectivity index (χ3n) is 3.23. The van der Waals surface area contributed by atoms with Gasteiger partial charge < -0.3 is 19.5 Å². The minimum absolute atomic E-state index is 0.548. The van der Waals surface area contributed by atoms with E-state index in [0.29, 0.717) is 41.2 Å². The molecular weight excluding hydrogens is 337 g/mol. The SMILES string of the molecule is COc1cc(Cl)c(CNCCOc2ccc(Cl)cc2)cc1OC. The fraction of sp³-hybridized carbons (Fsp3) is 0.294. The van der Waals surface area contributed by atoms with Crippen LogP contribution in [0.25, 0.3) is 0 Å². The van der Waals surface area contributed by atoms with Crippen molar-refractivity contribution in [1.29, 1.82) is 0 Å². The molecule has 0 heterocycles. The highest BCUT2D eigenvalue weighted by molar-refractivity contribution is 6.31. The predicted molar refractivity (Wildman–Crippen MR) is 93.2 cm³/mol. The molecule has 0 saturated carbocycles. The maximum absolute atomic E-state index is 6.24. The molecule has 1 N–H and O–H groups in total. The van der Waals surface area contributed by atoms with E-state index >= 15 is 0 Å². The van der Waals surface area contributed by atoms with E-state index in [1.165, 1.54) is 0 Å². The normalized spacial score (nSPS) is 10.4. The Labute approximate surface area is 146 Å². The summed E-state index contributed by atoms with van der Waals surface area (Å²) in [7, 11) is 3.18. The highest BCUT2D eigenvalue weighted by Crippen LogP contribution is 2.32. The summed E-state index contributed by atoms with van der Waals surface area (Å²) in [6.07, 6.45) is 0. The smallest absolute Gasteiger partial charge is 0.162 e. The van der Waals surface area contributed by atoms with E-state index in [1.54, 1.807) is 32.4 Å². The molecule has 2 rings (SSSR count). The number of ether oxygens (including phenoxy) is 3. The predicted octanol–water partition coefficient (Wildman–Crippen LogP) is 4.18. The lowest BCUT2D eigenvalue weighted by molar-refractivity contribution is 0.313. The van der Waals surface area contributed by atoms with Gasteiger partial charge >= 0.3 is 0 Å². The van der Waals surface area contributed by atoms with Crippen molar-refractivity contribution in [2.75, 3.05) is 27.4 Å². The molecule has 0 amide bonds. The van der Waals surface area contributed by atoms with Crippen LogP contribution in [0.3, 0.4) is 0 Å². The molecule has 0 radical (unpaired) electrons. The topological polar surface area (TPSA) is 39.7 Å². The molecule has 0 fully saturated rings. The maximum atomic E-state index is 6.24. The summed E-state index contributed by atoms with van der Waals surface area (Å²) in [4.78, 5) is 0. The Morgan fingerprint density at radius 1 is 0.957 bits per heavy atom. The summed E-state index contributed by atoms with van der Waals surface area (Å²) < 4.78 is 16.1. The summed E-state index contributed by atoms with van der Waals surface area (Å²) in [5.74, 6) is 2.07. The van der Waals surface area contributed by atoms with Crippen LogP contribution in [0.15, 0.2) is 36.4 Å². The molecule has 2 aromatic carbocycles. The van der Waals surface area contributed by atoms with Crippen LogP contribution in [0.2, 0.25) is 10.0 Å². The molecule has 0 spiro atoms. The van der Waals surface area contributed by atoms with Gasteiger partial charge in [-0.15, -0.1) is 0 Å². The number of rotatable bonds is 8. The zero-order valence-electron chi connectivity index (χ0n) is 13.1. The first-order chi connectivity index (χ1) is 11.1. The Morgan fingerprint density at radius 2 is 1.61 bits per heavy atom. The Morgan fingerprint density at radius 3 is 2.26 bits per heavy atom. The van der Waals surface area contributed by atoms with Gasteiger partial charge in [-0.1, -0.05) is 23.2 Å². The van der Waals surface area contributed by atoms with Crippen LogP contribution in [-0.2, 0) is 6.54 Å². The maximum Gasteiger partial charge on any atom is 0.162 e. The van der Waals surface area contributed by atoms with E-state index in [2.05, 4.69) is 5.32 Å². The van der Waals surface area contributed by atoms with Crippen molar-refractivity contribution in [3.05, 3.63) is 52.0 Å². The van der Waals surface area contributed by atoms with Gasteiger partial charge in [0.15, 0.2) is 11.5 Å². The summed E-state index contributed by atoms with van der Waals surface area (Å²) in [6, 6.07) is 10.9. The van der Waals surface area contributed by atoms with E-state index in [1.807, 2.05) is 18.2 Å². The van der Waals surface area contributed by atoms with Crippen molar-refractivity contribution in [2.24, 2.45) is 0 Å². The van der Waals surface area contributed by atoms with Crippen molar-refractivity contribution in [3.63, 3.8) is 0 Å². The van der Waals surface area contributed by atoms with Crippen LogP contribution in [-0.4, -0.2) is 27.4 Å². The Balaban J connectivity index is 1.81. The van der Waals surface area contributed by atoms with Crippen LogP contribution in [0, 0.1) is 0 Å². The zero-order valence-corrected chi connectivity index (χ0v) is 14.6. The lowest BCUT2D eigenvalue weighted by atomic mass is 10.2. The Hall–Kier alpha value is -1.62. The van der Waals surface area contributed by atoms with Gasteiger partial charge in [-0.25, -0.2) is 0 Å². The second-order valence-electron chi connectivity index (χ2n) is 4.78. The molecule has 0 saturated heterocycles. The Bertz CT molecular complexity index is 632. The number of nitrogens with one attached hydrogen (secondary N) is 1. The lowest BCUT2D eigenvalue weighted by Gasteiger charge is -2.12. The van der Waals surface area contributed by atoms with E-state index in [-0.39, 0.29) is 0 Å². The lowest BCUT2D eigenvalue weighted by Crippen LogP contribution is -2.20. The van der Waals surface area contributed by atoms with Gasteiger partial charge in [-0.2, -0.15) is 0 Å². The van der Waals surface area contributed by atoms with Crippen molar-refractivity contribution < 1.29 is 14.2 Å². The quantitative estimate of drug-likeness (QED) is 0.721. The molecule has 124 valence electrons. The largest absolute Gasteiger partial charge is 0.493 e. The molecule has 0 bridgehead atoms. The summed E-state index contributed by atoms with van der Waals surface area (Å²) in [5.41, 5.74) is 0.941. The summed E-state index contributed by atoms with van der Waals surface area (Å²) in [6.45, 7) is 1.85. The molecule has 4 nitrogen and oxygen atoms in total. The second kappa shape index (κ2) is 8.87. The number of halogens is 2. The minimum Gasteiger partial charge on any atom is -0.493 e. The average molecular weight is 356 g/mol.